The highest BCUT2D eigenvalue weighted by molar-refractivity contribution is 5.97. The van der Waals surface area contributed by atoms with E-state index < -0.39 is 0 Å². The van der Waals surface area contributed by atoms with Crippen molar-refractivity contribution in [3.8, 4) is 0 Å². The van der Waals surface area contributed by atoms with Gasteiger partial charge in [-0.25, -0.2) is 0 Å². The third-order valence-electron chi connectivity index (χ3n) is 1.76. The Morgan fingerprint density at radius 2 is 2.00 bits per heavy atom. The topological polar surface area (TPSA) is 17.1 Å². The summed E-state index contributed by atoms with van der Waals surface area (Å²) in [7, 11) is 0. The molecule has 54 valence electrons. The van der Waals surface area contributed by atoms with Crippen molar-refractivity contribution in [3.63, 3.8) is 0 Å². The predicted molar refractivity (Wildman–Crippen MR) is 41.7 cm³/mol. The molecule has 0 fully saturated rings. The van der Waals surface area contributed by atoms with Gasteiger partial charge in [-0.3, -0.25) is 4.79 Å². The highest BCUT2D eigenvalue weighted by atomic mass is 16.1. The van der Waals surface area contributed by atoms with Gasteiger partial charge in [0.2, 0.25) is 0 Å². The summed E-state index contributed by atoms with van der Waals surface area (Å²) < 4.78 is 0. The van der Waals surface area contributed by atoms with Crippen molar-refractivity contribution in [2.75, 3.05) is 0 Å². The van der Waals surface area contributed by atoms with E-state index in [1.165, 1.54) is 0 Å². The lowest BCUT2D eigenvalue weighted by Gasteiger charge is -2.19. The number of hydrogen-bond acceptors (Lipinski definition) is 1. The first-order chi connectivity index (χ1) is 4.52. The van der Waals surface area contributed by atoms with E-state index in [1.807, 2.05) is 32.9 Å². The van der Waals surface area contributed by atoms with Gasteiger partial charge in [0, 0.05) is 5.41 Å². The Bertz CT molecular complexity index is 219. The summed E-state index contributed by atoms with van der Waals surface area (Å²) in [4.78, 5) is 11.2. The Hall–Kier alpha value is -0.850. The maximum atomic E-state index is 11.2. The third-order valence-corrected chi connectivity index (χ3v) is 1.76. The standard InChI is InChI=1S/C9H12O/c1-7-4-5-9(2,3)8(10)6-7/h4-6H,1-3H3. The van der Waals surface area contributed by atoms with Crippen LogP contribution in [0.25, 0.3) is 0 Å². The van der Waals surface area contributed by atoms with Gasteiger partial charge in [0.25, 0.3) is 0 Å². The summed E-state index contributed by atoms with van der Waals surface area (Å²) in [6.07, 6.45) is 5.63. The molecule has 0 bridgehead atoms. The van der Waals surface area contributed by atoms with Crippen LogP contribution in [0.1, 0.15) is 20.8 Å². The highest BCUT2D eigenvalue weighted by Gasteiger charge is 2.24. The second-order valence-electron chi connectivity index (χ2n) is 3.31. The van der Waals surface area contributed by atoms with E-state index in [0.29, 0.717) is 0 Å². The first-order valence-electron chi connectivity index (χ1n) is 3.44. The van der Waals surface area contributed by atoms with Crippen molar-refractivity contribution in [2.45, 2.75) is 20.8 Å². The molecule has 0 unspecified atom stereocenters. The molecule has 0 radical (unpaired) electrons. The van der Waals surface area contributed by atoms with Crippen molar-refractivity contribution >= 4 is 5.78 Å². The minimum atomic E-state index is -0.278. The summed E-state index contributed by atoms with van der Waals surface area (Å²) >= 11 is 0. The molecule has 0 atom stereocenters. The molecule has 10 heavy (non-hydrogen) atoms. The summed E-state index contributed by atoms with van der Waals surface area (Å²) in [5.41, 5.74) is 0.767. The molecule has 1 rings (SSSR count). The molecule has 0 saturated carbocycles. The van der Waals surface area contributed by atoms with Gasteiger partial charge in [-0.05, 0) is 32.4 Å². The fourth-order valence-electron chi connectivity index (χ4n) is 0.863. The maximum Gasteiger partial charge on any atom is 0.165 e. The van der Waals surface area contributed by atoms with Crippen molar-refractivity contribution in [3.05, 3.63) is 23.8 Å². The Kier molecular flexibility index (Phi) is 1.51. The average Bonchev–Trinajstić information content (AvgIpc) is 1.81. The Morgan fingerprint density at radius 1 is 1.40 bits per heavy atom. The van der Waals surface area contributed by atoms with Gasteiger partial charge >= 0.3 is 0 Å². The van der Waals surface area contributed by atoms with E-state index in [1.54, 1.807) is 6.08 Å². The zero-order valence-electron chi connectivity index (χ0n) is 6.64. The fourth-order valence-corrected chi connectivity index (χ4v) is 0.863. The molecule has 0 amide bonds. The Balaban J connectivity index is 2.96. The average molecular weight is 136 g/mol. The SMILES string of the molecule is CC1=CC(=O)C(C)(C)C=C1. The van der Waals surface area contributed by atoms with Gasteiger partial charge in [0.1, 0.15) is 0 Å². The van der Waals surface area contributed by atoms with E-state index >= 15 is 0 Å². The molecule has 0 aliphatic heterocycles. The van der Waals surface area contributed by atoms with Gasteiger partial charge < -0.3 is 0 Å². The summed E-state index contributed by atoms with van der Waals surface area (Å²) in [5.74, 6) is 0.201. The molecule has 0 aromatic rings. The number of carbonyl (C=O) groups excluding carboxylic acids is 1. The smallest absolute Gasteiger partial charge is 0.165 e. The second-order valence-corrected chi connectivity index (χ2v) is 3.31. The van der Waals surface area contributed by atoms with Crippen LogP contribution in [0.2, 0.25) is 0 Å². The van der Waals surface area contributed by atoms with Gasteiger partial charge in [-0.15, -0.1) is 0 Å². The van der Waals surface area contributed by atoms with Crippen LogP contribution >= 0.6 is 0 Å². The molecule has 1 heteroatoms. The number of carbonyl (C=O) groups is 1. The molecule has 1 nitrogen and oxygen atoms in total. The van der Waals surface area contributed by atoms with Crippen molar-refractivity contribution in [1.82, 2.24) is 0 Å². The quantitative estimate of drug-likeness (QED) is 0.498. The van der Waals surface area contributed by atoms with E-state index in [9.17, 15) is 4.79 Å². The van der Waals surface area contributed by atoms with Crippen molar-refractivity contribution < 1.29 is 4.79 Å². The zero-order chi connectivity index (χ0) is 7.78. The molecule has 0 aromatic carbocycles. The number of rotatable bonds is 0. The van der Waals surface area contributed by atoms with Crippen LogP contribution in [0.4, 0.5) is 0 Å². The molecule has 0 spiro atoms. The molecule has 1 aliphatic carbocycles. The predicted octanol–water partition coefficient (Wildman–Crippen LogP) is 2.10. The molecule has 0 N–H and O–H groups in total. The third kappa shape index (κ3) is 1.18. The summed E-state index contributed by atoms with van der Waals surface area (Å²) in [6, 6.07) is 0. The number of ketones is 1. The zero-order valence-corrected chi connectivity index (χ0v) is 6.64. The van der Waals surface area contributed by atoms with Crippen LogP contribution in [-0.2, 0) is 4.79 Å². The molecule has 0 saturated heterocycles. The van der Waals surface area contributed by atoms with Gasteiger partial charge in [0.15, 0.2) is 5.78 Å². The Labute approximate surface area is 61.4 Å². The minimum absolute atomic E-state index is 0.201. The summed E-state index contributed by atoms with van der Waals surface area (Å²) in [6.45, 7) is 5.78. The monoisotopic (exact) mass is 136 g/mol. The molecule has 1 aliphatic rings. The van der Waals surface area contributed by atoms with Crippen LogP contribution < -0.4 is 0 Å². The lowest BCUT2D eigenvalue weighted by atomic mass is 9.83. The van der Waals surface area contributed by atoms with E-state index in [-0.39, 0.29) is 11.2 Å². The molecule has 0 heterocycles. The van der Waals surface area contributed by atoms with Crippen LogP contribution in [0.15, 0.2) is 23.8 Å². The van der Waals surface area contributed by atoms with Gasteiger partial charge in [-0.2, -0.15) is 0 Å². The number of allylic oxidation sites excluding steroid dienone is 4. The fraction of sp³-hybridized carbons (Fsp3) is 0.444. The minimum Gasteiger partial charge on any atom is -0.294 e. The largest absolute Gasteiger partial charge is 0.294 e. The highest BCUT2D eigenvalue weighted by Crippen LogP contribution is 2.24. The van der Waals surface area contributed by atoms with E-state index in [0.717, 1.165) is 5.57 Å². The van der Waals surface area contributed by atoms with Crippen LogP contribution in [0.5, 0.6) is 0 Å². The van der Waals surface area contributed by atoms with Crippen LogP contribution in [0, 0.1) is 5.41 Å². The van der Waals surface area contributed by atoms with Crippen LogP contribution in [0.3, 0.4) is 0 Å². The molecular formula is C9H12O. The van der Waals surface area contributed by atoms with Crippen molar-refractivity contribution in [2.24, 2.45) is 5.41 Å². The van der Waals surface area contributed by atoms with Crippen molar-refractivity contribution in [1.29, 1.82) is 0 Å². The number of hydrogen-bond donors (Lipinski definition) is 0. The molecular weight excluding hydrogens is 124 g/mol. The van der Waals surface area contributed by atoms with Gasteiger partial charge in [-0.1, -0.05) is 12.2 Å². The van der Waals surface area contributed by atoms with E-state index in [2.05, 4.69) is 0 Å². The van der Waals surface area contributed by atoms with Crippen LogP contribution in [-0.4, -0.2) is 5.78 Å². The molecule has 0 aromatic heterocycles. The lowest BCUT2D eigenvalue weighted by molar-refractivity contribution is -0.120. The maximum absolute atomic E-state index is 11.2. The van der Waals surface area contributed by atoms with E-state index in [4.69, 9.17) is 0 Å². The second kappa shape index (κ2) is 2.08. The normalized spacial score (nSPS) is 22.7. The first-order valence-corrected chi connectivity index (χ1v) is 3.44. The summed E-state index contributed by atoms with van der Waals surface area (Å²) in [5, 5.41) is 0. The first kappa shape index (κ1) is 7.26. The lowest BCUT2D eigenvalue weighted by Crippen LogP contribution is -2.21. The Morgan fingerprint density at radius 3 is 2.40 bits per heavy atom. The van der Waals surface area contributed by atoms with Gasteiger partial charge in [0.05, 0.1) is 0 Å².